The molecule has 1 spiro atoms. The first kappa shape index (κ1) is 21.1. The molecule has 0 amide bonds. The van der Waals surface area contributed by atoms with Gasteiger partial charge in [0.15, 0.2) is 5.79 Å². The van der Waals surface area contributed by atoms with Gasteiger partial charge in [-0.2, -0.15) is 0 Å². The summed E-state index contributed by atoms with van der Waals surface area (Å²) in [5, 5.41) is 20.9. The second-order valence-corrected chi connectivity index (χ2v) is 12.8. The van der Waals surface area contributed by atoms with Crippen LogP contribution in [0.1, 0.15) is 78.6 Å². The van der Waals surface area contributed by atoms with E-state index in [1.807, 2.05) is 0 Å². The van der Waals surface area contributed by atoms with E-state index in [1.165, 1.54) is 37.7 Å². The zero-order chi connectivity index (χ0) is 21.8. The third-order valence-corrected chi connectivity index (χ3v) is 11.7. The van der Waals surface area contributed by atoms with E-state index in [4.69, 9.17) is 9.47 Å². The normalized spacial score (nSPS) is 60.9. The lowest BCUT2D eigenvalue weighted by atomic mass is 9.44. The Bertz CT molecular complexity index is 754. The molecule has 12 atom stereocenters. The Kier molecular flexibility index (Phi) is 4.64. The molecular formula is C27H42O4. The quantitative estimate of drug-likeness (QED) is 0.548. The molecule has 31 heavy (non-hydrogen) atoms. The number of rotatable bonds is 0. The predicted molar refractivity (Wildman–Crippen MR) is 119 cm³/mol. The summed E-state index contributed by atoms with van der Waals surface area (Å²) >= 11 is 0. The number of aliphatic hydroxyl groups is 2. The van der Waals surface area contributed by atoms with Gasteiger partial charge in [-0.25, -0.2) is 0 Å². The molecule has 2 N–H and O–H groups in total. The summed E-state index contributed by atoms with van der Waals surface area (Å²) in [4.78, 5) is 0. The summed E-state index contributed by atoms with van der Waals surface area (Å²) < 4.78 is 13.2. The van der Waals surface area contributed by atoms with E-state index in [-0.39, 0.29) is 11.2 Å². The van der Waals surface area contributed by atoms with E-state index in [0.29, 0.717) is 41.8 Å². The van der Waals surface area contributed by atoms with Crippen molar-refractivity contribution in [3.05, 3.63) is 12.2 Å². The first-order valence-electron chi connectivity index (χ1n) is 13.0. The molecule has 12 unspecified atom stereocenters. The summed E-state index contributed by atoms with van der Waals surface area (Å²) in [6, 6.07) is 0. The van der Waals surface area contributed by atoms with Crippen LogP contribution < -0.4 is 0 Å². The topological polar surface area (TPSA) is 58.9 Å². The van der Waals surface area contributed by atoms with Crippen molar-refractivity contribution in [1.82, 2.24) is 0 Å². The molecule has 0 bridgehead atoms. The van der Waals surface area contributed by atoms with Crippen LogP contribution in [-0.4, -0.2) is 40.9 Å². The molecule has 6 rings (SSSR count). The molecule has 2 heterocycles. The minimum absolute atomic E-state index is 0.182. The Morgan fingerprint density at radius 1 is 0.968 bits per heavy atom. The molecule has 0 aromatic rings. The second-order valence-electron chi connectivity index (χ2n) is 12.8. The van der Waals surface area contributed by atoms with Gasteiger partial charge < -0.3 is 19.7 Å². The Labute approximate surface area is 187 Å². The largest absolute Gasteiger partial charge is 0.390 e. The average molecular weight is 431 g/mol. The second kappa shape index (κ2) is 6.81. The number of hydrogen-bond acceptors (Lipinski definition) is 4. The van der Waals surface area contributed by atoms with E-state index in [2.05, 4.69) is 27.4 Å². The highest BCUT2D eigenvalue weighted by molar-refractivity contribution is 5.16. The van der Waals surface area contributed by atoms with Crippen LogP contribution in [0.4, 0.5) is 0 Å². The van der Waals surface area contributed by atoms with E-state index < -0.39 is 12.2 Å². The van der Waals surface area contributed by atoms with Crippen LogP contribution in [0.25, 0.3) is 0 Å². The van der Waals surface area contributed by atoms with Crippen LogP contribution in [0.3, 0.4) is 0 Å². The molecule has 174 valence electrons. The van der Waals surface area contributed by atoms with Gasteiger partial charge in [-0.1, -0.05) is 32.9 Å². The Morgan fingerprint density at radius 2 is 1.77 bits per heavy atom. The molecule has 2 saturated heterocycles. The summed E-state index contributed by atoms with van der Waals surface area (Å²) in [5.41, 5.74) is 1.72. The van der Waals surface area contributed by atoms with Crippen LogP contribution in [0.2, 0.25) is 0 Å². The van der Waals surface area contributed by atoms with Crippen LogP contribution >= 0.6 is 0 Å². The molecule has 6 fully saturated rings. The lowest BCUT2D eigenvalue weighted by Gasteiger charge is -2.61. The maximum absolute atomic E-state index is 10.5. The molecule has 2 aliphatic heterocycles. The highest BCUT2D eigenvalue weighted by Crippen LogP contribution is 2.71. The summed E-state index contributed by atoms with van der Waals surface area (Å²) in [6.07, 6.45) is 9.08. The van der Waals surface area contributed by atoms with Crippen LogP contribution in [0.15, 0.2) is 12.2 Å². The average Bonchev–Trinajstić information content (AvgIpc) is 3.16. The van der Waals surface area contributed by atoms with E-state index in [9.17, 15) is 10.2 Å². The van der Waals surface area contributed by atoms with Crippen molar-refractivity contribution in [2.75, 3.05) is 6.61 Å². The van der Waals surface area contributed by atoms with Gasteiger partial charge in [-0.3, -0.25) is 0 Å². The molecule has 4 heteroatoms. The fraction of sp³-hybridized carbons (Fsp3) is 0.926. The van der Waals surface area contributed by atoms with Crippen molar-refractivity contribution >= 4 is 0 Å². The summed E-state index contributed by atoms with van der Waals surface area (Å²) in [5.74, 6) is 3.37. The van der Waals surface area contributed by atoms with E-state index in [0.717, 1.165) is 37.5 Å². The predicted octanol–water partition coefficient (Wildman–Crippen LogP) is 4.68. The van der Waals surface area contributed by atoms with Crippen molar-refractivity contribution in [1.29, 1.82) is 0 Å². The number of aliphatic hydroxyl groups excluding tert-OH is 2. The zero-order valence-corrected chi connectivity index (χ0v) is 19.7. The maximum atomic E-state index is 10.5. The summed E-state index contributed by atoms with van der Waals surface area (Å²) in [7, 11) is 0. The molecule has 0 radical (unpaired) electrons. The van der Waals surface area contributed by atoms with Gasteiger partial charge in [0.25, 0.3) is 0 Å². The highest BCUT2D eigenvalue weighted by Gasteiger charge is 2.69. The van der Waals surface area contributed by atoms with Gasteiger partial charge in [-0.05, 0) is 91.8 Å². The lowest BCUT2D eigenvalue weighted by Crippen LogP contribution is -2.57. The van der Waals surface area contributed by atoms with Crippen LogP contribution in [0, 0.1) is 46.3 Å². The van der Waals surface area contributed by atoms with Crippen LogP contribution in [-0.2, 0) is 9.47 Å². The number of ether oxygens (including phenoxy) is 2. The van der Waals surface area contributed by atoms with Crippen molar-refractivity contribution in [3.8, 4) is 0 Å². The van der Waals surface area contributed by atoms with Crippen molar-refractivity contribution in [2.45, 2.75) is 103 Å². The molecule has 6 aliphatic rings. The Hall–Kier alpha value is -0.420. The van der Waals surface area contributed by atoms with E-state index in [1.54, 1.807) is 0 Å². The van der Waals surface area contributed by atoms with Crippen molar-refractivity contribution in [3.63, 3.8) is 0 Å². The molecule has 4 nitrogen and oxygen atoms in total. The van der Waals surface area contributed by atoms with Crippen molar-refractivity contribution < 1.29 is 19.7 Å². The first-order valence-corrected chi connectivity index (χ1v) is 13.0. The monoisotopic (exact) mass is 430 g/mol. The molecule has 0 aromatic heterocycles. The smallest absolute Gasteiger partial charge is 0.172 e. The fourth-order valence-corrected chi connectivity index (χ4v) is 10.1. The van der Waals surface area contributed by atoms with Gasteiger partial charge in [0.2, 0.25) is 0 Å². The number of hydrogen-bond donors (Lipinski definition) is 2. The van der Waals surface area contributed by atoms with Gasteiger partial charge in [-0.15, -0.1) is 0 Å². The minimum Gasteiger partial charge on any atom is -0.390 e. The third-order valence-electron chi connectivity index (χ3n) is 11.7. The van der Waals surface area contributed by atoms with E-state index >= 15 is 0 Å². The molecule has 4 aliphatic carbocycles. The zero-order valence-electron chi connectivity index (χ0n) is 19.7. The minimum atomic E-state index is -0.544. The first-order chi connectivity index (χ1) is 14.7. The maximum Gasteiger partial charge on any atom is 0.172 e. The fourth-order valence-electron chi connectivity index (χ4n) is 10.1. The Morgan fingerprint density at radius 3 is 2.52 bits per heavy atom. The molecular weight excluding hydrogens is 388 g/mol. The van der Waals surface area contributed by atoms with Crippen molar-refractivity contribution in [2.24, 2.45) is 46.3 Å². The lowest BCUT2D eigenvalue weighted by molar-refractivity contribution is -0.256. The Balaban J connectivity index is 1.27. The summed E-state index contributed by atoms with van der Waals surface area (Å²) in [6.45, 7) is 12.2. The van der Waals surface area contributed by atoms with Gasteiger partial charge in [0.1, 0.15) is 0 Å². The molecule has 0 aromatic carbocycles. The van der Waals surface area contributed by atoms with Crippen LogP contribution in [0.5, 0.6) is 0 Å². The highest BCUT2D eigenvalue weighted by atomic mass is 16.7. The van der Waals surface area contributed by atoms with Gasteiger partial charge >= 0.3 is 0 Å². The van der Waals surface area contributed by atoms with Gasteiger partial charge in [0, 0.05) is 12.3 Å². The SMILES string of the molecule is C=C1CCC2(OC1)OC1CC3C4CCC5CC(O)C(O)CC5(C)C4CCC3(C)C1C2C. The molecule has 4 saturated carbocycles. The van der Waals surface area contributed by atoms with Gasteiger partial charge in [0.05, 0.1) is 24.9 Å². The standard InChI is InChI=1S/C27H42O4/c1-15-7-10-27(30-14-15)16(2)24-23(31-27)12-20-18-6-5-17-11-21(28)22(29)13-26(17,4)19(18)8-9-25(20,24)3/h16-24,28-29H,1,5-14H2,2-4H3. The number of fused-ring (bicyclic) bond motifs is 7. The third kappa shape index (κ3) is 2.74.